The molecule has 0 aliphatic carbocycles. The number of halogens is 1. The van der Waals surface area contributed by atoms with Crippen molar-refractivity contribution in [2.75, 3.05) is 5.75 Å². The van der Waals surface area contributed by atoms with E-state index in [0.717, 1.165) is 20.7 Å². The van der Waals surface area contributed by atoms with Gasteiger partial charge in [-0.1, -0.05) is 22.0 Å². The second-order valence-corrected chi connectivity index (χ2v) is 6.60. The van der Waals surface area contributed by atoms with Gasteiger partial charge in [-0.2, -0.15) is 0 Å². The van der Waals surface area contributed by atoms with Crippen LogP contribution in [0.15, 0.2) is 58.0 Å². The fourth-order valence-electron chi connectivity index (χ4n) is 2.20. The Morgan fingerprint density at radius 2 is 2.00 bits per heavy atom. The van der Waals surface area contributed by atoms with Crippen LogP contribution in [0.25, 0.3) is 5.65 Å². The van der Waals surface area contributed by atoms with Crippen LogP contribution in [0.1, 0.15) is 16.2 Å². The highest BCUT2D eigenvalue weighted by Crippen LogP contribution is 2.22. The molecular formula is C16H13BrN2OS. The quantitative estimate of drug-likeness (QED) is 0.511. The lowest BCUT2D eigenvalue weighted by Gasteiger charge is -2.03. The lowest BCUT2D eigenvalue weighted by molar-refractivity contribution is 0.101. The van der Waals surface area contributed by atoms with Gasteiger partial charge < -0.3 is 0 Å². The van der Waals surface area contributed by atoms with E-state index in [4.69, 9.17) is 0 Å². The molecular weight excluding hydrogens is 348 g/mol. The van der Waals surface area contributed by atoms with Gasteiger partial charge in [0.05, 0.1) is 11.4 Å². The SMILES string of the molecule is Cc1nc2ccccn2c1C(=O)CSc1ccc(Br)cc1. The fraction of sp³-hybridized carbons (Fsp3) is 0.125. The molecule has 0 saturated heterocycles. The first kappa shape index (κ1) is 14.4. The first-order valence-corrected chi connectivity index (χ1v) is 8.28. The minimum absolute atomic E-state index is 0.0964. The van der Waals surface area contributed by atoms with E-state index in [1.807, 2.05) is 60.0 Å². The Bertz CT molecular complexity index is 796. The molecule has 0 N–H and O–H groups in total. The maximum Gasteiger partial charge on any atom is 0.191 e. The van der Waals surface area contributed by atoms with Gasteiger partial charge in [0.1, 0.15) is 11.3 Å². The van der Waals surface area contributed by atoms with Crippen LogP contribution < -0.4 is 0 Å². The van der Waals surface area contributed by atoms with Crippen molar-refractivity contribution in [2.24, 2.45) is 0 Å². The average molecular weight is 361 g/mol. The summed E-state index contributed by atoms with van der Waals surface area (Å²) in [5.41, 5.74) is 2.27. The first-order chi connectivity index (χ1) is 10.1. The average Bonchev–Trinajstić information content (AvgIpc) is 2.82. The number of hydrogen-bond acceptors (Lipinski definition) is 3. The summed E-state index contributed by atoms with van der Waals surface area (Å²) in [5.74, 6) is 0.504. The first-order valence-electron chi connectivity index (χ1n) is 6.50. The Morgan fingerprint density at radius 3 is 2.76 bits per heavy atom. The van der Waals surface area contributed by atoms with Crippen molar-refractivity contribution in [1.82, 2.24) is 9.38 Å². The zero-order chi connectivity index (χ0) is 14.8. The van der Waals surface area contributed by atoms with Gasteiger partial charge >= 0.3 is 0 Å². The van der Waals surface area contributed by atoms with Crippen molar-refractivity contribution >= 4 is 39.1 Å². The molecule has 0 atom stereocenters. The molecule has 0 fully saturated rings. The Balaban J connectivity index is 1.81. The van der Waals surface area contributed by atoms with E-state index in [-0.39, 0.29) is 5.78 Å². The zero-order valence-electron chi connectivity index (χ0n) is 11.4. The number of benzene rings is 1. The van der Waals surface area contributed by atoms with Crippen molar-refractivity contribution in [3.63, 3.8) is 0 Å². The lowest BCUT2D eigenvalue weighted by atomic mass is 10.2. The minimum Gasteiger partial charge on any atom is -0.297 e. The summed E-state index contributed by atoms with van der Waals surface area (Å²) in [6.07, 6.45) is 1.88. The number of hydrogen-bond donors (Lipinski definition) is 0. The van der Waals surface area contributed by atoms with E-state index >= 15 is 0 Å². The highest BCUT2D eigenvalue weighted by molar-refractivity contribution is 9.10. The van der Waals surface area contributed by atoms with E-state index in [0.29, 0.717) is 11.4 Å². The van der Waals surface area contributed by atoms with E-state index < -0.39 is 0 Å². The Hall–Kier alpha value is -1.59. The normalized spacial score (nSPS) is 11.0. The third-order valence-electron chi connectivity index (χ3n) is 3.15. The van der Waals surface area contributed by atoms with Crippen LogP contribution in [-0.2, 0) is 0 Å². The second-order valence-electron chi connectivity index (χ2n) is 4.64. The number of nitrogens with zero attached hydrogens (tertiary/aromatic N) is 2. The number of carbonyl (C=O) groups excluding carboxylic acids is 1. The van der Waals surface area contributed by atoms with Gasteiger partial charge in [0.2, 0.25) is 0 Å². The van der Waals surface area contributed by atoms with Gasteiger partial charge in [-0.05, 0) is 43.3 Å². The molecule has 0 bridgehead atoms. The third kappa shape index (κ3) is 3.04. The Labute approximate surface area is 135 Å². The molecule has 0 aliphatic rings. The molecule has 0 amide bonds. The van der Waals surface area contributed by atoms with E-state index in [2.05, 4.69) is 20.9 Å². The summed E-state index contributed by atoms with van der Waals surface area (Å²) >= 11 is 4.95. The van der Waals surface area contributed by atoms with Gasteiger partial charge in [0.15, 0.2) is 5.78 Å². The second kappa shape index (κ2) is 6.03. The molecule has 0 saturated carbocycles. The topological polar surface area (TPSA) is 34.4 Å². The number of ketones is 1. The van der Waals surface area contributed by atoms with Gasteiger partial charge in [-0.25, -0.2) is 4.98 Å². The summed E-state index contributed by atoms with van der Waals surface area (Å²) < 4.78 is 2.90. The van der Waals surface area contributed by atoms with Gasteiger partial charge in [-0.15, -0.1) is 11.8 Å². The molecule has 0 unspecified atom stereocenters. The van der Waals surface area contributed by atoms with Crippen LogP contribution in [0.2, 0.25) is 0 Å². The van der Waals surface area contributed by atoms with Crippen molar-refractivity contribution in [3.05, 3.63) is 64.5 Å². The summed E-state index contributed by atoms with van der Waals surface area (Å²) in [4.78, 5) is 18.0. The summed E-state index contributed by atoms with van der Waals surface area (Å²) in [6.45, 7) is 1.88. The number of imidazole rings is 1. The third-order valence-corrected chi connectivity index (χ3v) is 4.69. The largest absolute Gasteiger partial charge is 0.297 e. The van der Waals surface area contributed by atoms with Gasteiger partial charge in [0.25, 0.3) is 0 Å². The number of aryl methyl sites for hydroxylation is 1. The van der Waals surface area contributed by atoms with Gasteiger partial charge in [-0.3, -0.25) is 9.20 Å². The maximum atomic E-state index is 12.5. The number of carbonyl (C=O) groups is 1. The molecule has 5 heteroatoms. The number of pyridine rings is 1. The molecule has 0 radical (unpaired) electrons. The molecule has 3 aromatic rings. The van der Waals surface area contributed by atoms with Crippen molar-refractivity contribution in [2.45, 2.75) is 11.8 Å². The molecule has 3 rings (SSSR count). The highest BCUT2D eigenvalue weighted by Gasteiger charge is 2.16. The predicted molar refractivity (Wildman–Crippen MR) is 89.1 cm³/mol. The molecule has 2 heterocycles. The van der Waals surface area contributed by atoms with Crippen LogP contribution in [0.3, 0.4) is 0 Å². The highest BCUT2D eigenvalue weighted by atomic mass is 79.9. The smallest absolute Gasteiger partial charge is 0.191 e. The molecule has 0 aliphatic heterocycles. The predicted octanol–water partition coefficient (Wildman–Crippen LogP) is 4.38. The Kier molecular flexibility index (Phi) is 4.12. The number of Topliss-reactive ketones (excluding diaryl/α,β-unsaturated/α-hetero) is 1. The van der Waals surface area contributed by atoms with Crippen LogP contribution >= 0.6 is 27.7 Å². The zero-order valence-corrected chi connectivity index (χ0v) is 13.8. The number of fused-ring (bicyclic) bond motifs is 1. The molecule has 2 aromatic heterocycles. The van der Waals surface area contributed by atoms with E-state index in [9.17, 15) is 4.79 Å². The summed E-state index contributed by atoms with van der Waals surface area (Å²) in [5, 5.41) is 0. The lowest BCUT2D eigenvalue weighted by Crippen LogP contribution is -2.07. The van der Waals surface area contributed by atoms with E-state index in [1.165, 1.54) is 0 Å². The van der Waals surface area contributed by atoms with Crippen LogP contribution in [0, 0.1) is 6.92 Å². The van der Waals surface area contributed by atoms with Crippen molar-refractivity contribution < 1.29 is 4.79 Å². The van der Waals surface area contributed by atoms with E-state index in [1.54, 1.807) is 11.8 Å². The summed E-state index contributed by atoms with van der Waals surface area (Å²) in [7, 11) is 0. The number of rotatable bonds is 4. The monoisotopic (exact) mass is 360 g/mol. The standard InChI is InChI=1S/C16H13BrN2OS/c1-11-16(19-9-3-2-4-15(19)18-11)14(20)10-21-13-7-5-12(17)6-8-13/h2-9H,10H2,1H3. The maximum absolute atomic E-state index is 12.5. The molecule has 1 aromatic carbocycles. The van der Waals surface area contributed by atoms with Crippen LogP contribution in [0.5, 0.6) is 0 Å². The van der Waals surface area contributed by atoms with Crippen LogP contribution in [0.4, 0.5) is 0 Å². The van der Waals surface area contributed by atoms with Crippen LogP contribution in [-0.4, -0.2) is 20.9 Å². The fourth-order valence-corrected chi connectivity index (χ4v) is 3.22. The molecule has 21 heavy (non-hydrogen) atoms. The molecule has 3 nitrogen and oxygen atoms in total. The number of thioether (sulfide) groups is 1. The summed E-state index contributed by atoms with van der Waals surface area (Å²) in [6, 6.07) is 13.7. The molecule has 106 valence electrons. The minimum atomic E-state index is 0.0964. The Morgan fingerprint density at radius 1 is 1.24 bits per heavy atom. The number of aromatic nitrogens is 2. The van der Waals surface area contributed by atoms with Crippen molar-refractivity contribution in [3.8, 4) is 0 Å². The van der Waals surface area contributed by atoms with Gasteiger partial charge in [0, 0.05) is 15.6 Å². The molecule has 0 spiro atoms. The van der Waals surface area contributed by atoms with Crippen molar-refractivity contribution in [1.29, 1.82) is 0 Å².